The SMILES string of the molecule is CC(C)(C)[Si](C)(C)OC[C@H]1OC[C@H](NC(=O)C(Cl)(Cl)Cl)[C@@H](O)[C@H]1O. The first-order valence-electron chi connectivity index (χ1n) is 7.66. The largest absolute Gasteiger partial charge is 0.414 e. The van der Waals surface area contributed by atoms with Gasteiger partial charge in [0.05, 0.1) is 19.3 Å². The second-order valence-corrected chi connectivity index (χ2v) is 14.6. The van der Waals surface area contributed by atoms with Crippen molar-refractivity contribution in [1.82, 2.24) is 5.32 Å². The molecule has 1 rings (SSSR count). The summed E-state index contributed by atoms with van der Waals surface area (Å²) >= 11 is 16.4. The predicted molar refractivity (Wildman–Crippen MR) is 97.1 cm³/mol. The van der Waals surface area contributed by atoms with Crippen molar-refractivity contribution in [1.29, 1.82) is 0 Å². The fraction of sp³-hybridized carbons (Fsp3) is 0.929. The van der Waals surface area contributed by atoms with E-state index in [0.717, 1.165) is 0 Å². The molecule has 0 saturated carbocycles. The topological polar surface area (TPSA) is 88.0 Å². The van der Waals surface area contributed by atoms with Gasteiger partial charge in [-0.05, 0) is 18.1 Å². The minimum absolute atomic E-state index is 0.0176. The third kappa shape index (κ3) is 5.70. The lowest BCUT2D eigenvalue weighted by molar-refractivity contribution is -0.163. The molecule has 1 amide bonds. The van der Waals surface area contributed by atoms with Crippen LogP contribution in [-0.4, -0.2) is 65.8 Å². The van der Waals surface area contributed by atoms with Crippen LogP contribution in [0.2, 0.25) is 18.1 Å². The van der Waals surface area contributed by atoms with E-state index < -0.39 is 42.4 Å². The number of alkyl halides is 3. The highest BCUT2D eigenvalue weighted by Crippen LogP contribution is 2.37. The first kappa shape index (κ1) is 22.4. The van der Waals surface area contributed by atoms with Gasteiger partial charge in [-0.3, -0.25) is 4.79 Å². The van der Waals surface area contributed by atoms with Crippen LogP contribution in [0.1, 0.15) is 20.8 Å². The van der Waals surface area contributed by atoms with Crippen molar-refractivity contribution in [2.45, 2.75) is 67.0 Å². The maximum absolute atomic E-state index is 11.7. The lowest BCUT2D eigenvalue weighted by Gasteiger charge is -2.41. The summed E-state index contributed by atoms with van der Waals surface area (Å²) in [4.78, 5) is 11.7. The lowest BCUT2D eigenvalue weighted by atomic mass is 9.98. The number of ether oxygens (including phenoxy) is 1. The number of rotatable bonds is 4. The molecule has 142 valence electrons. The third-order valence-corrected chi connectivity index (χ3v) is 9.64. The van der Waals surface area contributed by atoms with Crippen molar-refractivity contribution in [3.63, 3.8) is 0 Å². The Morgan fingerprint density at radius 2 is 1.79 bits per heavy atom. The Bertz CT molecular complexity index is 453. The van der Waals surface area contributed by atoms with E-state index in [4.69, 9.17) is 44.0 Å². The zero-order valence-electron chi connectivity index (χ0n) is 14.5. The molecule has 1 aliphatic heterocycles. The van der Waals surface area contributed by atoms with Crippen LogP contribution in [0.3, 0.4) is 0 Å². The molecule has 0 radical (unpaired) electrons. The second-order valence-electron chi connectivity index (χ2n) is 7.50. The van der Waals surface area contributed by atoms with Gasteiger partial charge in [0.2, 0.25) is 0 Å². The number of carbonyl (C=O) groups is 1. The number of hydrogen-bond acceptors (Lipinski definition) is 5. The van der Waals surface area contributed by atoms with Gasteiger partial charge in [0.15, 0.2) is 8.32 Å². The van der Waals surface area contributed by atoms with Gasteiger partial charge in [0.25, 0.3) is 9.70 Å². The second kappa shape index (κ2) is 7.96. The van der Waals surface area contributed by atoms with Crippen LogP contribution in [0.15, 0.2) is 0 Å². The summed E-state index contributed by atoms with van der Waals surface area (Å²) in [6, 6.07) is -0.868. The van der Waals surface area contributed by atoms with Crippen LogP contribution < -0.4 is 5.32 Å². The number of carbonyl (C=O) groups excluding carboxylic acids is 1. The van der Waals surface area contributed by atoms with E-state index >= 15 is 0 Å². The average Bonchev–Trinajstić information content (AvgIpc) is 2.40. The molecule has 10 heteroatoms. The average molecular weight is 423 g/mol. The Balaban J connectivity index is 2.62. The maximum Gasteiger partial charge on any atom is 0.272 e. The van der Waals surface area contributed by atoms with Crippen LogP contribution in [-0.2, 0) is 14.0 Å². The Hall–Kier alpha value is 0.397. The summed E-state index contributed by atoms with van der Waals surface area (Å²) in [7, 11) is -2.00. The molecular weight excluding hydrogens is 397 g/mol. The number of hydrogen-bond donors (Lipinski definition) is 3. The number of aliphatic hydroxyl groups excluding tert-OH is 2. The number of nitrogens with one attached hydrogen (secondary N) is 1. The Kier molecular flexibility index (Phi) is 7.44. The van der Waals surface area contributed by atoms with Crippen molar-refractivity contribution in [3.8, 4) is 0 Å². The fourth-order valence-electron chi connectivity index (χ4n) is 1.91. The van der Waals surface area contributed by atoms with Crippen LogP contribution in [0.4, 0.5) is 0 Å². The van der Waals surface area contributed by atoms with E-state index in [1.807, 2.05) is 0 Å². The molecule has 1 saturated heterocycles. The van der Waals surface area contributed by atoms with Crippen molar-refractivity contribution < 1.29 is 24.2 Å². The van der Waals surface area contributed by atoms with Gasteiger partial charge in [-0.1, -0.05) is 55.6 Å². The monoisotopic (exact) mass is 421 g/mol. The molecule has 3 N–H and O–H groups in total. The first-order chi connectivity index (χ1) is 10.7. The van der Waals surface area contributed by atoms with Gasteiger partial charge in [0.1, 0.15) is 18.3 Å². The quantitative estimate of drug-likeness (QED) is 0.476. The van der Waals surface area contributed by atoms with Gasteiger partial charge in [-0.25, -0.2) is 0 Å². The number of halogens is 3. The van der Waals surface area contributed by atoms with Gasteiger partial charge in [-0.15, -0.1) is 0 Å². The lowest BCUT2D eigenvalue weighted by Crippen LogP contribution is -2.61. The summed E-state index contributed by atoms with van der Waals surface area (Å²) in [5, 5.41) is 22.8. The molecule has 24 heavy (non-hydrogen) atoms. The highest BCUT2D eigenvalue weighted by atomic mass is 35.6. The molecular formula is C14H26Cl3NO5Si. The molecule has 0 aromatic heterocycles. The zero-order chi connectivity index (χ0) is 18.9. The molecule has 0 bridgehead atoms. The van der Waals surface area contributed by atoms with Crippen LogP contribution >= 0.6 is 34.8 Å². The molecule has 1 fully saturated rings. The van der Waals surface area contributed by atoms with Crippen molar-refractivity contribution in [2.75, 3.05) is 13.2 Å². The van der Waals surface area contributed by atoms with E-state index in [1.54, 1.807) is 0 Å². The highest BCUT2D eigenvalue weighted by Gasteiger charge is 2.44. The van der Waals surface area contributed by atoms with E-state index in [-0.39, 0.29) is 18.3 Å². The summed E-state index contributed by atoms with van der Waals surface area (Å²) < 4.78 is 9.41. The van der Waals surface area contributed by atoms with E-state index in [1.165, 1.54) is 0 Å². The Morgan fingerprint density at radius 3 is 2.25 bits per heavy atom. The summed E-state index contributed by atoms with van der Waals surface area (Å²) in [5.41, 5.74) is 0. The molecule has 0 aliphatic carbocycles. The summed E-state index contributed by atoms with van der Waals surface area (Å²) in [5.74, 6) is -0.886. The third-order valence-electron chi connectivity index (χ3n) is 4.62. The number of aliphatic hydroxyl groups is 2. The molecule has 1 heterocycles. The summed E-state index contributed by atoms with van der Waals surface area (Å²) in [6.07, 6.45) is -3.15. The van der Waals surface area contributed by atoms with Crippen molar-refractivity contribution in [3.05, 3.63) is 0 Å². The van der Waals surface area contributed by atoms with Gasteiger partial charge in [-0.2, -0.15) is 0 Å². The molecule has 0 aromatic carbocycles. The molecule has 1 aliphatic rings. The van der Waals surface area contributed by atoms with Crippen LogP contribution in [0.25, 0.3) is 0 Å². The smallest absolute Gasteiger partial charge is 0.272 e. The summed E-state index contributed by atoms with van der Waals surface area (Å²) in [6.45, 7) is 10.6. The van der Waals surface area contributed by atoms with E-state index in [9.17, 15) is 15.0 Å². The highest BCUT2D eigenvalue weighted by molar-refractivity contribution is 6.76. The van der Waals surface area contributed by atoms with E-state index in [2.05, 4.69) is 39.2 Å². The zero-order valence-corrected chi connectivity index (χ0v) is 17.7. The standard InChI is InChI=1S/C14H26Cl3NO5Si/c1-13(2,3)24(4,5)23-7-9-11(20)10(19)8(6-22-9)18-12(21)14(15,16)17/h8-11,19-20H,6-7H2,1-5H3,(H,18,21)/t8-,9+,10+,11-/m0/s1. The first-order valence-corrected chi connectivity index (χ1v) is 11.7. The predicted octanol–water partition coefficient (Wildman–Crippen LogP) is 1.98. The van der Waals surface area contributed by atoms with Crippen LogP contribution in [0, 0.1) is 0 Å². The van der Waals surface area contributed by atoms with Gasteiger partial charge in [0, 0.05) is 0 Å². The minimum Gasteiger partial charge on any atom is -0.414 e. The number of amides is 1. The van der Waals surface area contributed by atoms with Crippen molar-refractivity contribution in [2.24, 2.45) is 0 Å². The Morgan fingerprint density at radius 1 is 1.25 bits per heavy atom. The van der Waals surface area contributed by atoms with Gasteiger partial charge < -0.3 is 24.7 Å². The molecule has 0 aromatic rings. The van der Waals surface area contributed by atoms with Crippen molar-refractivity contribution >= 4 is 49.0 Å². The molecule has 4 atom stereocenters. The molecule has 0 unspecified atom stereocenters. The van der Waals surface area contributed by atoms with E-state index in [0.29, 0.717) is 0 Å². The minimum atomic E-state index is -2.15. The fourth-order valence-corrected chi connectivity index (χ4v) is 3.09. The molecule has 0 spiro atoms. The normalized spacial score (nSPS) is 29.4. The Labute approximate surface area is 158 Å². The molecule has 6 nitrogen and oxygen atoms in total. The maximum atomic E-state index is 11.7. The van der Waals surface area contributed by atoms with Crippen LogP contribution in [0.5, 0.6) is 0 Å². The van der Waals surface area contributed by atoms with Gasteiger partial charge >= 0.3 is 0 Å².